The first-order chi connectivity index (χ1) is 12.7. The van der Waals surface area contributed by atoms with Crippen LogP contribution in [-0.4, -0.2) is 37.8 Å². The Bertz CT molecular complexity index is 791. The van der Waals surface area contributed by atoms with Gasteiger partial charge in [0.15, 0.2) is 11.5 Å². The van der Waals surface area contributed by atoms with Gasteiger partial charge in [-0.25, -0.2) is 4.79 Å². The molecule has 1 saturated heterocycles. The SMILES string of the molecule is COc1ccc(NC(=O)N2CCCC2c2ccc3c(c2)OCCO3)cc1. The van der Waals surface area contributed by atoms with Crippen molar-refractivity contribution in [2.75, 3.05) is 32.2 Å². The van der Waals surface area contributed by atoms with Crippen molar-refractivity contribution in [1.82, 2.24) is 4.90 Å². The highest BCUT2D eigenvalue weighted by molar-refractivity contribution is 5.89. The molecule has 0 aromatic heterocycles. The van der Waals surface area contributed by atoms with Gasteiger partial charge in [0.25, 0.3) is 0 Å². The van der Waals surface area contributed by atoms with Crippen LogP contribution in [0.3, 0.4) is 0 Å². The van der Waals surface area contributed by atoms with Gasteiger partial charge in [0.05, 0.1) is 13.2 Å². The fourth-order valence-corrected chi connectivity index (χ4v) is 3.49. The number of hydrogen-bond donors (Lipinski definition) is 1. The number of benzene rings is 2. The molecule has 6 nitrogen and oxygen atoms in total. The van der Waals surface area contributed by atoms with Crippen LogP contribution in [-0.2, 0) is 0 Å². The quantitative estimate of drug-likeness (QED) is 0.910. The smallest absolute Gasteiger partial charge is 0.322 e. The third-order valence-corrected chi connectivity index (χ3v) is 4.81. The Balaban J connectivity index is 1.49. The summed E-state index contributed by atoms with van der Waals surface area (Å²) < 4.78 is 16.4. The van der Waals surface area contributed by atoms with Gasteiger partial charge >= 0.3 is 6.03 Å². The molecule has 1 N–H and O–H groups in total. The Morgan fingerprint density at radius 3 is 2.65 bits per heavy atom. The van der Waals surface area contributed by atoms with E-state index < -0.39 is 0 Å². The number of nitrogens with zero attached hydrogens (tertiary/aromatic N) is 1. The second-order valence-electron chi connectivity index (χ2n) is 6.41. The molecule has 2 aliphatic heterocycles. The molecule has 1 fully saturated rings. The third kappa shape index (κ3) is 3.27. The summed E-state index contributed by atoms with van der Waals surface area (Å²) in [6.45, 7) is 1.87. The Morgan fingerprint density at radius 1 is 1.12 bits per heavy atom. The van der Waals surface area contributed by atoms with Gasteiger partial charge < -0.3 is 24.4 Å². The van der Waals surface area contributed by atoms with E-state index >= 15 is 0 Å². The molecular weight excluding hydrogens is 332 g/mol. The topological polar surface area (TPSA) is 60.0 Å². The highest BCUT2D eigenvalue weighted by atomic mass is 16.6. The number of ether oxygens (including phenoxy) is 3. The molecule has 1 atom stereocenters. The summed E-state index contributed by atoms with van der Waals surface area (Å²) in [5.41, 5.74) is 1.83. The van der Waals surface area contributed by atoms with Crippen molar-refractivity contribution in [3.63, 3.8) is 0 Å². The fourth-order valence-electron chi connectivity index (χ4n) is 3.49. The number of anilines is 1. The zero-order valence-corrected chi connectivity index (χ0v) is 14.7. The number of likely N-dealkylation sites (tertiary alicyclic amines) is 1. The molecule has 2 heterocycles. The molecule has 0 saturated carbocycles. The van der Waals surface area contributed by atoms with Gasteiger partial charge in [-0.2, -0.15) is 0 Å². The van der Waals surface area contributed by atoms with Crippen LogP contribution in [0.25, 0.3) is 0 Å². The van der Waals surface area contributed by atoms with Crippen molar-refractivity contribution in [1.29, 1.82) is 0 Å². The van der Waals surface area contributed by atoms with Crippen LogP contribution in [0.5, 0.6) is 17.2 Å². The predicted octanol–water partition coefficient (Wildman–Crippen LogP) is 3.84. The lowest BCUT2D eigenvalue weighted by molar-refractivity contribution is 0.170. The molecule has 4 rings (SSSR count). The fraction of sp³-hybridized carbons (Fsp3) is 0.350. The number of nitrogens with one attached hydrogen (secondary N) is 1. The first kappa shape index (κ1) is 16.6. The molecule has 0 spiro atoms. The molecule has 136 valence electrons. The van der Waals surface area contributed by atoms with Crippen LogP contribution in [0.4, 0.5) is 10.5 Å². The van der Waals surface area contributed by atoms with Gasteiger partial charge in [-0.1, -0.05) is 6.07 Å². The van der Waals surface area contributed by atoms with Crippen molar-refractivity contribution in [3.05, 3.63) is 48.0 Å². The first-order valence-electron chi connectivity index (χ1n) is 8.86. The number of rotatable bonds is 3. The van der Waals surface area contributed by atoms with Gasteiger partial charge in [0.2, 0.25) is 0 Å². The van der Waals surface area contributed by atoms with Crippen molar-refractivity contribution in [2.24, 2.45) is 0 Å². The number of hydrogen-bond acceptors (Lipinski definition) is 4. The monoisotopic (exact) mass is 354 g/mol. The van der Waals surface area contributed by atoms with Crippen molar-refractivity contribution >= 4 is 11.7 Å². The molecule has 0 aliphatic carbocycles. The Kier molecular flexibility index (Phi) is 4.56. The first-order valence-corrected chi connectivity index (χ1v) is 8.86. The van der Waals surface area contributed by atoms with E-state index in [2.05, 4.69) is 5.32 Å². The summed E-state index contributed by atoms with van der Waals surface area (Å²) >= 11 is 0. The minimum Gasteiger partial charge on any atom is -0.497 e. The van der Waals surface area contributed by atoms with Gasteiger partial charge in [-0.05, 0) is 54.8 Å². The van der Waals surface area contributed by atoms with E-state index in [1.165, 1.54) is 0 Å². The van der Waals surface area contributed by atoms with E-state index in [0.29, 0.717) is 13.2 Å². The maximum absolute atomic E-state index is 12.8. The minimum atomic E-state index is -0.0902. The van der Waals surface area contributed by atoms with Gasteiger partial charge in [-0.3, -0.25) is 0 Å². The predicted molar refractivity (Wildman–Crippen MR) is 98.1 cm³/mol. The number of carbonyl (C=O) groups excluding carboxylic acids is 1. The Hall–Kier alpha value is -2.89. The summed E-state index contributed by atoms with van der Waals surface area (Å²) in [5.74, 6) is 2.29. The lowest BCUT2D eigenvalue weighted by atomic mass is 10.0. The molecule has 0 radical (unpaired) electrons. The van der Waals surface area contributed by atoms with Crippen LogP contribution in [0.1, 0.15) is 24.4 Å². The van der Waals surface area contributed by atoms with E-state index in [1.807, 2.05) is 47.4 Å². The molecule has 26 heavy (non-hydrogen) atoms. The Morgan fingerprint density at radius 2 is 1.88 bits per heavy atom. The average molecular weight is 354 g/mol. The zero-order valence-electron chi connectivity index (χ0n) is 14.7. The van der Waals surface area contributed by atoms with E-state index in [4.69, 9.17) is 14.2 Å². The van der Waals surface area contributed by atoms with Gasteiger partial charge in [-0.15, -0.1) is 0 Å². The minimum absolute atomic E-state index is 0.0454. The Labute approximate surface area is 152 Å². The average Bonchev–Trinajstić information content (AvgIpc) is 3.18. The number of amides is 2. The van der Waals surface area contributed by atoms with Crippen molar-refractivity contribution < 1.29 is 19.0 Å². The summed E-state index contributed by atoms with van der Waals surface area (Å²) in [4.78, 5) is 14.7. The second kappa shape index (κ2) is 7.15. The van der Waals surface area contributed by atoms with Crippen LogP contribution in [0.15, 0.2) is 42.5 Å². The normalized spacial score (nSPS) is 18.5. The standard InChI is InChI=1S/C20H22N2O4/c1-24-16-7-5-15(6-8-16)21-20(23)22-10-2-3-17(22)14-4-9-18-19(13-14)26-12-11-25-18/h4-9,13,17H,2-3,10-12H2,1H3,(H,21,23). The molecule has 0 bridgehead atoms. The summed E-state index contributed by atoms with van der Waals surface area (Å²) in [7, 11) is 1.62. The largest absolute Gasteiger partial charge is 0.497 e. The van der Waals surface area contributed by atoms with E-state index in [-0.39, 0.29) is 12.1 Å². The molecule has 2 aromatic carbocycles. The summed E-state index contributed by atoms with van der Waals surface area (Å²) in [5, 5.41) is 2.97. The van der Waals surface area contributed by atoms with E-state index in [9.17, 15) is 4.79 Å². The van der Waals surface area contributed by atoms with Crippen LogP contribution < -0.4 is 19.5 Å². The number of methoxy groups -OCH3 is 1. The molecule has 6 heteroatoms. The van der Waals surface area contributed by atoms with Crippen LogP contribution in [0.2, 0.25) is 0 Å². The van der Waals surface area contributed by atoms with E-state index in [0.717, 1.165) is 47.9 Å². The lowest BCUT2D eigenvalue weighted by Gasteiger charge is -2.27. The lowest BCUT2D eigenvalue weighted by Crippen LogP contribution is -2.34. The zero-order chi connectivity index (χ0) is 17.9. The maximum Gasteiger partial charge on any atom is 0.322 e. The molecule has 2 aliphatic rings. The number of urea groups is 1. The number of fused-ring (bicyclic) bond motifs is 1. The summed E-state index contributed by atoms with van der Waals surface area (Å²) in [6, 6.07) is 13.3. The third-order valence-electron chi connectivity index (χ3n) is 4.81. The second-order valence-corrected chi connectivity index (χ2v) is 6.41. The number of carbonyl (C=O) groups is 1. The van der Waals surface area contributed by atoms with Gasteiger partial charge in [0.1, 0.15) is 19.0 Å². The molecule has 2 amide bonds. The summed E-state index contributed by atoms with van der Waals surface area (Å²) in [6.07, 6.45) is 1.92. The molecule has 2 aromatic rings. The van der Waals surface area contributed by atoms with Crippen molar-refractivity contribution in [3.8, 4) is 17.2 Å². The van der Waals surface area contributed by atoms with Gasteiger partial charge in [0, 0.05) is 12.2 Å². The van der Waals surface area contributed by atoms with Crippen LogP contribution in [0, 0.1) is 0 Å². The van der Waals surface area contributed by atoms with Crippen molar-refractivity contribution in [2.45, 2.75) is 18.9 Å². The highest BCUT2D eigenvalue weighted by Crippen LogP contribution is 2.38. The van der Waals surface area contributed by atoms with E-state index in [1.54, 1.807) is 7.11 Å². The molecular formula is C20H22N2O4. The molecule has 1 unspecified atom stereocenters. The van der Waals surface area contributed by atoms with Crippen LogP contribution >= 0.6 is 0 Å². The maximum atomic E-state index is 12.8. The highest BCUT2D eigenvalue weighted by Gasteiger charge is 2.31.